The van der Waals surface area contributed by atoms with Crippen LogP contribution in [0.15, 0.2) is 132 Å². The predicted molar refractivity (Wildman–Crippen MR) is 489 cm³/mol. The van der Waals surface area contributed by atoms with Crippen molar-refractivity contribution < 1.29 is 4.70 Å². The van der Waals surface area contributed by atoms with Gasteiger partial charge in [0, 0.05) is 63.2 Å². The van der Waals surface area contributed by atoms with Crippen LogP contribution in [0, 0.1) is 0 Å². The molecule has 15 aliphatic heterocycles. The second-order valence-corrected chi connectivity index (χ2v) is 36.2. The molecule has 0 atom stereocenters. The van der Waals surface area contributed by atoms with Crippen molar-refractivity contribution in [2.75, 3.05) is 120 Å². The van der Waals surface area contributed by atoms with Gasteiger partial charge in [-0.2, -0.15) is 0 Å². The number of nitrogens with zero attached hydrogens (tertiary/aromatic N) is 28. The lowest BCUT2D eigenvalue weighted by molar-refractivity contribution is -0.445. The Balaban J connectivity index is 0.000000102. The Bertz CT molecular complexity index is 5010. The van der Waals surface area contributed by atoms with Gasteiger partial charge < -0.3 is 108 Å². The van der Waals surface area contributed by atoms with Crippen LogP contribution in [-0.4, -0.2) is 330 Å². The molecule has 3 aromatic heterocycles. The van der Waals surface area contributed by atoms with Crippen molar-refractivity contribution in [3.05, 3.63) is 133 Å². The summed E-state index contributed by atoms with van der Waals surface area (Å²) in [4.78, 5) is 19.7. The number of hydrogen-bond acceptors (Lipinski definition) is 24. The van der Waals surface area contributed by atoms with Crippen molar-refractivity contribution in [3.8, 4) is 34.2 Å². The maximum Gasteiger partial charge on any atom is 0.446 e. The third-order valence-corrected chi connectivity index (χ3v) is 31.4. The van der Waals surface area contributed by atoms with E-state index in [2.05, 4.69) is 420 Å². The summed E-state index contributed by atoms with van der Waals surface area (Å²) in [6, 6.07) is 34.9. The standard InChI is InChI=1S/C20H32B5N7.2C16H26B6N8.C13H19B3N5/c1-19(2)17-14-26-18-15-12-10-11-13-16(15)31-22(6)29(9)24-28(8)21(5)27(7)23(20(19,3)4)32(24)25(31)30(17)18;1-17-20-25(5)18(2)26(6)21-27(7)19(3)29-14-11-9-8-10-13(14)16-23-12-15(24(17)4)28(16)22(29)30(20)21;1-17-24(5)15-12-23-16-13-10-8-9-11-14(13)28-21-26(7)18(2)25(6)19(3)30(21)20(4)29(17)22(28)27(15)16;1-14-18(3)15(2)21-12-8-6-5-7-11(12)20-13(9-10-17-20)16(21)19(14)4/h10-14H,1-9H3;2*8-12H,1-7H3;5-9H,10H2,1-4H3/q;;;+1. The molecule has 28 nitrogen and oxygen atoms in total. The molecule has 0 saturated carbocycles. The van der Waals surface area contributed by atoms with Gasteiger partial charge >= 0.3 is 77.6 Å². The molecule has 0 bridgehead atoms. The zero-order valence-corrected chi connectivity index (χ0v) is 71.8. The maximum atomic E-state index is 5.05. The molecular weight excluding hydrogens is 1390 g/mol. The summed E-state index contributed by atoms with van der Waals surface area (Å²) < 4.78 is 55.7. The Morgan fingerprint density at radius 2 is 0.779 bits per heavy atom. The normalized spacial score (nSPS) is 22.8. The van der Waals surface area contributed by atoms with E-state index in [0.29, 0.717) is 48.6 Å². The number of para-hydroxylation sites is 5. The summed E-state index contributed by atoms with van der Waals surface area (Å²) >= 11 is 0. The second-order valence-electron chi connectivity index (χ2n) is 36.2. The molecule has 562 valence electrons. The highest BCUT2D eigenvalue weighted by Gasteiger charge is 2.72. The summed E-state index contributed by atoms with van der Waals surface area (Å²) in [5.74, 6) is 5.62. The minimum atomic E-state index is -0.0749. The number of aromatic nitrogens is 6. The molecule has 0 aliphatic carbocycles. The first-order chi connectivity index (χ1) is 53.8. The van der Waals surface area contributed by atoms with Crippen molar-refractivity contribution in [1.29, 1.82) is 0 Å². The van der Waals surface area contributed by atoms with Crippen LogP contribution in [0.3, 0.4) is 0 Å². The highest BCUT2D eigenvalue weighted by atomic mass is 15.5. The average Bonchev–Trinajstić information content (AvgIpc) is 1.60. The van der Waals surface area contributed by atoms with Crippen LogP contribution in [0.25, 0.3) is 34.2 Å². The first-order valence-electron chi connectivity index (χ1n) is 41.5. The quantitative estimate of drug-likeness (QED) is 0.155. The van der Waals surface area contributed by atoms with Gasteiger partial charge in [0.25, 0.3) is 68.2 Å². The molecule has 7 fully saturated rings. The van der Waals surface area contributed by atoms with Crippen LogP contribution in [0.1, 0.15) is 33.4 Å². The van der Waals surface area contributed by atoms with E-state index in [4.69, 9.17) is 15.0 Å². The van der Waals surface area contributed by atoms with Crippen molar-refractivity contribution in [3.63, 3.8) is 0 Å². The highest BCUT2D eigenvalue weighted by Crippen LogP contribution is 2.58. The van der Waals surface area contributed by atoms with E-state index in [1.807, 2.05) is 6.20 Å². The minimum absolute atomic E-state index is 0.0249. The number of imidazole rings is 3. The third-order valence-electron chi connectivity index (χ3n) is 31.4. The van der Waals surface area contributed by atoms with E-state index in [1.165, 1.54) is 68.1 Å². The predicted octanol–water partition coefficient (Wildman–Crippen LogP) is 4.54. The second kappa shape index (κ2) is 26.7. The zero-order chi connectivity index (χ0) is 79.7. The zero-order valence-electron chi connectivity index (χ0n) is 71.8. The largest absolute Gasteiger partial charge is 0.446 e. The molecule has 18 heterocycles. The fraction of sp³-hybridized carbons (Fsp3) is 0.462. The summed E-state index contributed by atoms with van der Waals surface area (Å²) in [5.41, 5.74) is 12.5. The van der Waals surface area contributed by atoms with Crippen LogP contribution in [0.4, 0.5) is 40.1 Å². The van der Waals surface area contributed by atoms with E-state index in [0.717, 1.165) is 24.0 Å². The summed E-state index contributed by atoms with van der Waals surface area (Å²) in [6.45, 7) is 40.3. The van der Waals surface area contributed by atoms with Gasteiger partial charge in [-0.3, -0.25) is 0 Å². The lowest BCUT2D eigenvalue weighted by Crippen LogP contribution is -2.92. The van der Waals surface area contributed by atoms with Gasteiger partial charge in [0.15, 0.2) is 0 Å². The van der Waals surface area contributed by atoms with Crippen LogP contribution in [0.2, 0.25) is 80.4 Å². The fourth-order valence-corrected chi connectivity index (χ4v) is 23.2. The summed E-state index contributed by atoms with van der Waals surface area (Å²) in [6.07, 6.45) is 8.52. The first-order valence-corrected chi connectivity index (χ1v) is 41.5. The van der Waals surface area contributed by atoms with Crippen LogP contribution >= 0.6 is 0 Å². The molecule has 0 radical (unpaired) electrons. The molecule has 4 aromatic carbocycles. The lowest BCUT2D eigenvalue weighted by atomic mass is 9.18. The monoisotopic (exact) mass is 1500 g/mol. The van der Waals surface area contributed by atoms with E-state index < -0.39 is 0 Å². The molecule has 0 spiro atoms. The van der Waals surface area contributed by atoms with Gasteiger partial charge in [-0.15, -0.1) is 0 Å². The van der Waals surface area contributed by atoms with E-state index in [9.17, 15) is 0 Å². The number of fused-ring (bicyclic) bond motifs is 17. The van der Waals surface area contributed by atoms with Crippen LogP contribution < -0.4 is 28.5 Å². The summed E-state index contributed by atoms with van der Waals surface area (Å²) in [5, 5.41) is 4.64. The Morgan fingerprint density at radius 1 is 0.354 bits per heavy atom. The first kappa shape index (κ1) is 76.4. The van der Waals surface area contributed by atoms with Gasteiger partial charge in [-0.25, -0.2) is 15.0 Å². The molecule has 7 saturated heterocycles. The molecule has 0 unspecified atom stereocenters. The number of azo groups is 2. The van der Waals surface area contributed by atoms with Crippen molar-refractivity contribution in [2.45, 2.75) is 113 Å². The average molecular weight is 1490 g/mol. The molecular formula is C65H103B20N28+. The Morgan fingerprint density at radius 3 is 1.36 bits per heavy atom. The summed E-state index contributed by atoms with van der Waals surface area (Å²) in [7, 11) is 27.8. The fourth-order valence-electron chi connectivity index (χ4n) is 23.2. The molecule has 113 heavy (non-hydrogen) atoms. The van der Waals surface area contributed by atoms with E-state index in [-0.39, 0.29) is 102 Å². The van der Waals surface area contributed by atoms with Gasteiger partial charge in [0.1, 0.15) is 35.7 Å². The van der Waals surface area contributed by atoms with Crippen LogP contribution in [-0.2, 0) is 5.41 Å². The SMILES string of the molecule is CB1N(C)B(C)N2B(C)N3B(C)N(C)c4cnc5n4B3N(B2N1C)c1ccccc1-5.CB1N(C)B(C)N2B(C3=CCN=[N+]3c3ccccc32)N1C.CB1N(C)B2B(C)N(C)c3cnc4n3B3N2B(N1C)N(C)B(C)N3c1ccccc1-4.CB1N(C)B2N(C)B(C)N3B4N2B(N1C)C(C)(C)C(C)(C)c1cnc(n14)-c1ccccc13. The van der Waals surface area contributed by atoms with E-state index >= 15 is 0 Å². The number of rotatable bonds is 0. The number of anilines is 6. The third kappa shape index (κ3) is 10.0. The molecule has 22 rings (SSSR count). The van der Waals surface area contributed by atoms with Crippen molar-refractivity contribution in [1.82, 2.24) is 94.1 Å². The number of hydrogen-bond donors (Lipinski definition) is 0. The van der Waals surface area contributed by atoms with Gasteiger partial charge in [0.05, 0.1) is 18.1 Å². The molecule has 0 amide bonds. The maximum absolute atomic E-state index is 5.05. The molecule has 0 N–H and O–H groups in total. The Hall–Kier alpha value is -6.61. The highest BCUT2D eigenvalue weighted by molar-refractivity contribution is 7.28. The topological polar surface area (TPSA) is 134 Å². The van der Waals surface area contributed by atoms with E-state index in [1.54, 1.807) is 0 Å². The minimum Gasteiger partial charge on any atom is -0.420 e. The molecule has 7 aromatic rings. The van der Waals surface area contributed by atoms with Crippen molar-refractivity contribution in [2.24, 2.45) is 5.11 Å². The number of benzene rings is 4. The smallest absolute Gasteiger partial charge is 0.420 e. The molecule has 15 aliphatic rings. The Kier molecular flexibility index (Phi) is 18.0. The lowest BCUT2D eigenvalue weighted by Gasteiger charge is -2.65. The van der Waals surface area contributed by atoms with Gasteiger partial charge in [-0.1, -0.05) is 156 Å². The van der Waals surface area contributed by atoms with Crippen molar-refractivity contribution >= 4 is 180 Å². The molecule has 48 heteroatoms. The van der Waals surface area contributed by atoms with Crippen LogP contribution in [0.5, 0.6) is 0 Å². The van der Waals surface area contributed by atoms with Gasteiger partial charge in [-0.05, 0) is 137 Å². The van der Waals surface area contributed by atoms with Gasteiger partial charge in [0.2, 0.25) is 5.60 Å². The Labute approximate surface area is 680 Å².